The molecule has 0 saturated carbocycles. The molecular weight excluding hydrogens is 266 g/mol. The number of unbranched alkanes of at least 4 members (excludes halogenated alkanes) is 3. The van der Waals surface area contributed by atoms with E-state index in [1.807, 2.05) is 0 Å². The normalized spacial score (nSPS) is 17.4. The summed E-state index contributed by atoms with van der Waals surface area (Å²) in [7, 11) is 0. The van der Waals surface area contributed by atoms with Crippen molar-refractivity contribution in [3.05, 3.63) is 23.3 Å². The number of hydrogen-bond donors (Lipinski definition) is 1. The molecule has 0 bridgehead atoms. The number of hydrogen-bond acceptors (Lipinski definition) is 1. The van der Waals surface area contributed by atoms with Gasteiger partial charge in [-0.05, 0) is 51.4 Å². The SMILES string of the molecule is CCCCCC(/C=C(\CC)CCCC)NCC1=CCCCC1. The summed E-state index contributed by atoms with van der Waals surface area (Å²) in [5, 5.41) is 3.84. The lowest BCUT2D eigenvalue weighted by Crippen LogP contribution is -2.30. The summed E-state index contributed by atoms with van der Waals surface area (Å²) in [6.07, 6.45) is 20.9. The van der Waals surface area contributed by atoms with Crippen molar-refractivity contribution >= 4 is 0 Å². The second-order valence-electron chi connectivity index (χ2n) is 6.87. The molecule has 0 aliphatic heterocycles. The first-order valence-electron chi connectivity index (χ1n) is 9.90. The van der Waals surface area contributed by atoms with E-state index in [0.29, 0.717) is 6.04 Å². The van der Waals surface area contributed by atoms with Gasteiger partial charge in [0.15, 0.2) is 0 Å². The van der Waals surface area contributed by atoms with Crippen LogP contribution >= 0.6 is 0 Å². The molecule has 1 aliphatic carbocycles. The van der Waals surface area contributed by atoms with E-state index in [0.717, 1.165) is 6.54 Å². The summed E-state index contributed by atoms with van der Waals surface area (Å²) in [5.74, 6) is 0. The Hall–Kier alpha value is -0.560. The van der Waals surface area contributed by atoms with Gasteiger partial charge in [0.25, 0.3) is 0 Å². The zero-order valence-corrected chi connectivity index (χ0v) is 15.4. The van der Waals surface area contributed by atoms with Gasteiger partial charge in [0.05, 0.1) is 0 Å². The van der Waals surface area contributed by atoms with Crippen molar-refractivity contribution in [2.24, 2.45) is 0 Å². The Kier molecular flexibility index (Phi) is 11.5. The third-order valence-electron chi connectivity index (χ3n) is 4.84. The van der Waals surface area contributed by atoms with Crippen molar-refractivity contribution in [1.82, 2.24) is 5.32 Å². The van der Waals surface area contributed by atoms with Crippen LogP contribution in [0.5, 0.6) is 0 Å². The monoisotopic (exact) mass is 305 g/mol. The minimum Gasteiger partial charge on any atom is -0.307 e. The lowest BCUT2D eigenvalue weighted by atomic mass is 9.98. The molecule has 22 heavy (non-hydrogen) atoms. The fraction of sp³-hybridized carbons (Fsp3) is 0.810. The molecule has 1 heteroatoms. The van der Waals surface area contributed by atoms with Crippen LogP contribution in [0.1, 0.15) is 97.8 Å². The van der Waals surface area contributed by atoms with Crippen LogP contribution in [-0.4, -0.2) is 12.6 Å². The quantitative estimate of drug-likeness (QED) is 0.318. The Bertz CT molecular complexity index is 327. The van der Waals surface area contributed by atoms with Gasteiger partial charge in [0.2, 0.25) is 0 Å². The van der Waals surface area contributed by atoms with E-state index in [4.69, 9.17) is 0 Å². The van der Waals surface area contributed by atoms with E-state index < -0.39 is 0 Å². The van der Waals surface area contributed by atoms with Gasteiger partial charge in [-0.15, -0.1) is 0 Å². The summed E-state index contributed by atoms with van der Waals surface area (Å²) >= 11 is 0. The van der Waals surface area contributed by atoms with Crippen molar-refractivity contribution in [3.8, 4) is 0 Å². The first-order chi connectivity index (χ1) is 10.8. The minimum atomic E-state index is 0.584. The molecule has 1 atom stereocenters. The van der Waals surface area contributed by atoms with E-state index in [9.17, 15) is 0 Å². The van der Waals surface area contributed by atoms with Gasteiger partial charge >= 0.3 is 0 Å². The van der Waals surface area contributed by atoms with Crippen LogP contribution in [0.15, 0.2) is 23.3 Å². The third-order valence-corrected chi connectivity index (χ3v) is 4.84. The van der Waals surface area contributed by atoms with E-state index >= 15 is 0 Å². The molecule has 0 fully saturated rings. The van der Waals surface area contributed by atoms with E-state index in [1.54, 1.807) is 11.1 Å². The molecule has 0 aromatic rings. The van der Waals surface area contributed by atoms with Gasteiger partial charge in [0, 0.05) is 12.6 Å². The van der Waals surface area contributed by atoms with Crippen molar-refractivity contribution < 1.29 is 0 Å². The topological polar surface area (TPSA) is 12.0 Å². The second-order valence-corrected chi connectivity index (χ2v) is 6.87. The third kappa shape index (κ3) is 8.78. The maximum atomic E-state index is 3.84. The molecule has 0 amide bonds. The average Bonchev–Trinajstić information content (AvgIpc) is 2.57. The van der Waals surface area contributed by atoms with E-state index in [-0.39, 0.29) is 0 Å². The first kappa shape index (κ1) is 19.5. The lowest BCUT2D eigenvalue weighted by molar-refractivity contribution is 0.527. The largest absolute Gasteiger partial charge is 0.307 e. The maximum Gasteiger partial charge on any atom is 0.0255 e. The maximum absolute atomic E-state index is 3.84. The van der Waals surface area contributed by atoms with Crippen LogP contribution < -0.4 is 5.32 Å². The smallest absolute Gasteiger partial charge is 0.0255 e. The van der Waals surface area contributed by atoms with Crippen LogP contribution in [0.2, 0.25) is 0 Å². The molecule has 0 radical (unpaired) electrons. The number of nitrogens with one attached hydrogen (secondary N) is 1. The minimum absolute atomic E-state index is 0.584. The number of allylic oxidation sites excluding steroid dienone is 2. The van der Waals surface area contributed by atoms with Crippen molar-refractivity contribution in [2.45, 2.75) is 104 Å². The number of rotatable bonds is 12. The molecular formula is C21H39N. The molecule has 0 aromatic heterocycles. The summed E-state index contributed by atoms with van der Waals surface area (Å²) in [6, 6.07) is 0.584. The zero-order valence-electron chi connectivity index (χ0n) is 15.4. The second kappa shape index (κ2) is 12.9. The van der Waals surface area contributed by atoms with Crippen molar-refractivity contribution in [1.29, 1.82) is 0 Å². The highest BCUT2D eigenvalue weighted by molar-refractivity contribution is 5.10. The molecule has 0 spiro atoms. The van der Waals surface area contributed by atoms with Gasteiger partial charge < -0.3 is 5.32 Å². The van der Waals surface area contributed by atoms with E-state index in [1.165, 1.54) is 77.0 Å². The van der Waals surface area contributed by atoms with Gasteiger partial charge in [-0.2, -0.15) is 0 Å². The fourth-order valence-corrected chi connectivity index (χ4v) is 3.25. The standard InChI is InChI=1S/C21H39N/c1-4-7-10-16-21(17-19(6-3)13-8-5-2)22-18-20-14-11-9-12-15-20/h14,17,21-22H,4-13,15-16,18H2,1-3H3/b19-17+. The summed E-state index contributed by atoms with van der Waals surface area (Å²) in [6.45, 7) is 8.01. The molecule has 1 N–H and O–H groups in total. The van der Waals surface area contributed by atoms with Gasteiger partial charge in [-0.1, -0.05) is 69.8 Å². The highest BCUT2D eigenvalue weighted by Crippen LogP contribution is 2.18. The van der Waals surface area contributed by atoms with Crippen LogP contribution in [-0.2, 0) is 0 Å². The Morgan fingerprint density at radius 2 is 1.95 bits per heavy atom. The van der Waals surface area contributed by atoms with Crippen molar-refractivity contribution in [3.63, 3.8) is 0 Å². The molecule has 0 heterocycles. The molecule has 1 rings (SSSR count). The van der Waals surface area contributed by atoms with Gasteiger partial charge in [-0.25, -0.2) is 0 Å². The predicted molar refractivity (Wildman–Crippen MR) is 100 cm³/mol. The summed E-state index contributed by atoms with van der Waals surface area (Å²) < 4.78 is 0. The van der Waals surface area contributed by atoms with Crippen LogP contribution in [0.3, 0.4) is 0 Å². The summed E-state index contributed by atoms with van der Waals surface area (Å²) in [5.41, 5.74) is 3.31. The Morgan fingerprint density at radius 1 is 1.14 bits per heavy atom. The molecule has 1 unspecified atom stereocenters. The zero-order chi connectivity index (χ0) is 16.0. The molecule has 128 valence electrons. The Labute approximate surface area is 139 Å². The lowest BCUT2D eigenvalue weighted by Gasteiger charge is -2.20. The molecule has 1 aliphatic rings. The van der Waals surface area contributed by atoms with Crippen LogP contribution in [0.4, 0.5) is 0 Å². The van der Waals surface area contributed by atoms with Crippen LogP contribution in [0.25, 0.3) is 0 Å². The van der Waals surface area contributed by atoms with E-state index in [2.05, 4.69) is 38.2 Å². The van der Waals surface area contributed by atoms with Crippen LogP contribution in [0, 0.1) is 0 Å². The van der Waals surface area contributed by atoms with Crippen molar-refractivity contribution in [2.75, 3.05) is 6.54 Å². The molecule has 0 aromatic carbocycles. The molecule has 1 nitrogen and oxygen atoms in total. The highest BCUT2D eigenvalue weighted by atomic mass is 14.9. The molecule has 0 saturated heterocycles. The van der Waals surface area contributed by atoms with Gasteiger partial charge in [-0.3, -0.25) is 0 Å². The Balaban J connectivity index is 2.52. The predicted octanol–water partition coefficient (Wildman–Crippen LogP) is 6.55. The fourth-order valence-electron chi connectivity index (χ4n) is 3.25. The summed E-state index contributed by atoms with van der Waals surface area (Å²) in [4.78, 5) is 0. The average molecular weight is 306 g/mol. The first-order valence-corrected chi connectivity index (χ1v) is 9.90. The Morgan fingerprint density at radius 3 is 2.59 bits per heavy atom. The van der Waals surface area contributed by atoms with Gasteiger partial charge in [0.1, 0.15) is 0 Å². The highest BCUT2D eigenvalue weighted by Gasteiger charge is 2.09.